The molecule has 0 amide bonds. The molecule has 0 fully saturated rings. The summed E-state index contributed by atoms with van der Waals surface area (Å²) in [6.07, 6.45) is 0. The summed E-state index contributed by atoms with van der Waals surface area (Å²) in [4.78, 5) is 18.0. The molecule has 1 aromatic carbocycles. The van der Waals surface area contributed by atoms with Gasteiger partial charge in [-0.3, -0.25) is 4.84 Å². The summed E-state index contributed by atoms with van der Waals surface area (Å²) in [6, 6.07) is 2.56. The van der Waals surface area contributed by atoms with Crippen LogP contribution in [0.3, 0.4) is 0 Å². The lowest BCUT2D eigenvalue weighted by atomic mass is 10.1. The summed E-state index contributed by atoms with van der Waals surface area (Å²) in [7, 11) is -3.94. The van der Waals surface area contributed by atoms with E-state index >= 15 is 0 Å². The van der Waals surface area contributed by atoms with E-state index in [1.54, 1.807) is 34.6 Å². The number of carboxylic acid groups (broad SMARTS) is 1. The smallest absolute Gasteiger partial charge is 0.335 e. The number of benzene rings is 1. The SMILES string of the molecule is Cc1cc(C(=O)O)cc(S(=O)(=O)NOC(C)(C)C)c1C. The Balaban J connectivity index is 3.27. The van der Waals surface area contributed by atoms with Crippen LogP contribution in [0.15, 0.2) is 17.0 Å². The Morgan fingerprint density at radius 1 is 1.25 bits per heavy atom. The van der Waals surface area contributed by atoms with Crippen molar-refractivity contribution < 1.29 is 23.2 Å². The Bertz CT molecular complexity index is 629. The minimum Gasteiger partial charge on any atom is -0.478 e. The van der Waals surface area contributed by atoms with Gasteiger partial charge in [-0.1, -0.05) is 4.89 Å². The van der Waals surface area contributed by atoms with Gasteiger partial charge in [-0.25, -0.2) is 13.2 Å². The van der Waals surface area contributed by atoms with Crippen LogP contribution < -0.4 is 4.89 Å². The second kappa shape index (κ2) is 5.51. The maximum atomic E-state index is 12.2. The van der Waals surface area contributed by atoms with Crippen molar-refractivity contribution in [2.75, 3.05) is 0 Å². The third-order valence-corrected chi connectivity index (χ3v) is 3.92. The van der Waals surface area contributed by atoms with Crippen molar-refractivity contribution in [2.45, 2.75) is 45.1 Å². The number of carbonyl (C=O) groups is 1. The highest BCUT2D eigenvalue weighted by molar-refractivity contribution is 7.89. The minimum absolute atomic E-state index is 0.0794. The van der Waals surface area contributed by atoms with E-state index in [4.69, 9.17) is 9.94 Å². The van der Waals surface area contributed by atoms with Crippen LogP contribution in [0.4, 0.5) is 0 Å². The Labute approximate surface area is 118 Å². The van der Waals surface area contributed by atoms with Gasteiger partial charge in [0.15, 0.2) is 0 Å². The molecule has 2 N–H and O–H groups in total. The highest BCUT2D eigenvalue weighted by Crippen LogP contribution is 2.21. The second-order valence-electron chi connectivity index (χ2n) is 5.52. The zero-order chi connectivity index (χ0) is 15.7. The first-order valence-electron chi connectivity index (χ1n) is 5.98. The molecule has 0 aliphatic carbocycles. The standard InChI is InChI=1S/C13H19NO5S/c1-8-6-10(12(15)16)7-11(9(8)2)20(17,18)14-19-13(3,4)5/h6-7,14H,1-5H3,(H,15,16). The van der Waals surface area contributed by atoms with Crippen LogP contribution in [0.5, 0.6) is 0 Å². The number of nitrogens with one attached hydrogen (secondary N) is 1. The van der Waals surface area contributed by atoms with Gasteiger partial charge in [0.05, 0.1) is 16.1 Å². The van der Waals surface area contributed by atoms with Crippen molar-refractivity contribution in [3.63, 3.8) is 0 Å². The van der Waals surface area contributed by atoms with E-state index in [1.807, 2.05) is 4.89 Å². The Morgan fingerprint density at radius 3 is 2.25 bits per heavy atom. The zero-order valence-corrected chi connectivity index (χ0v) is 13.0. The van der Waals surface area contributed by atoms with E-state index < -0.39 is 21.6 Å². The molecule has 0 radical (unpaired) electrons. The van der Waals surface area contributed by atoms with E-state index in [2.05, 4.69) is 0 Å². The third kappa shape index (κ3) is 4.03. The summed E-state index contributed by atoms with van der Waals surface area (Å²) in [5, 5.41) is 9.00. The summed E-state index contributed by atoms with van der Waals surface area (Å²) in [6.45, 7) is 8.36. The monoisotopic (exact) mass is 301 g/mol. The van der Waals surface area contributed by atoms with E-state index in [0.717, 1.165) is 6.07 Å². The van der Waals surface area contributed by atoms with Gasteiger partial charge in [0.1, 0.15) is 0 Å². The fourth-order valence-electron chi connectivity index (χ4n) is 1.45. The molecule has 7 heteroatoms. The van der Waals surface area contributed by atoms with Crippen LogP contribution in [0.2, 0.25) is 0 Å². The lowest BCUT2D eigenvalue weighted by Crippen LogP contribution is -2.34. The predicted molar refractivity (Wildman–Crippen MR) is 74.0 cm³/mol. The van der Waals surface area contributed by atoms with Crippen molar-refractivity contribution in [3.05, 3.63) is 28.8 Å². The first-order valence-corrected chi connectivity index (χ1v) is 7.47. The maximum Gasteiger partial charge on any atom is 0.335 e. The van der Waals surface area contributed by atoms with Crippen molar-refractivity contribution in [1.82, 2.24) is 4.89 Å². The normalized spacial score (nSPS) is 12.4. The molecule has 0 unspecified atom stereocenters. The van der Waals surface area contributed by atoms with Gasteiger partial charge in [0, 0.05) is 0 Å². The average molecular weight is 301 g/mol. The van der Waals surface area contributed by atoms with E-state index in [-0.39, 0.29) is 10.5 Å². The number of sulfonamides is 1. The third-order valence-electron chi connectivity index (χ3n) is 2.61. The molecule has 1 rings (SSSR count). The lowest BCUT2D eigenvalue weighted by molar-refractivity contribution is -0.0357. The molecule has 0 aromatic heterocycles. The molecule has 0 atom stereocenters. The van der Waals surface area contributed by atoms with Crippen LogP contribution in [-0.4, -0.2) is 25.1 Å². The first kappa shape index (κ1) is 16.6. The van der Waals surface area contributed by atoms with Crippen molar-refractivity contribution in [2.24, 2.45) is 0 Å². The molecular formula is C13H19NO5S. The molecule has 112 valence electrons. The van der Waals surface area contributed by atoms with Crippen LogP contribution >= 0.6 is 0 Å². The largest absolute Gasteiger partial charge is 0.478 e. The van der Waals surface area contributed by atoms with E-state index in [1.165, 1.54) is 6.07 Å². The van der Waals surface area contributed by atoms with Crippen LogP contribution in [-0.2, 0) is 14.9 Å². The highest BCUT2D eigenvalue weighted by Gasteiger charge is 2.23. The van der Waals surface area contributed by atoms with Gasteiger partial charge in [-0.15, -0.1) is 0 Å². The number of hydrogen-bond donors (Lipinski definition) is 2. The molecule has 6 nitrogen and oxygen atoms in total. The molecule has 0 bridgehead atoms. The molecule has 1 aromatic rings. The number of aromatic carboxylic acids is 1. The molecule has 0 spiro atoms. The summed E-state index contributed by atoms with van der Waals surface area (Å²) in [5.41, 5.74) is 0.297. The first-order chi connectivity index (χ1) is 8.94. The molecule has 0 saturated carbocycles. The average Bonchev–Trinajstić information content (AvgIpc) is 2.28. The second-order valence-corrected chi connectivity index (χ2v) is 7.14. The van der Waals surface area contributed by atoms with Crippen LogP contribution in [0.25, 0.3) is 0 Å². The molecular weight excluding hydrogens is 282 g/mol. The van der Waals surface area contributed by atoms with Gasteiger partial charge >= 0.3 is 5.97 Å². The van der Waals surface area contributed by atoms with Crippen LogP contribution in [0, 0.1) is 13.8 Å². The molecule has 0 heterocycles. The topological polar surface area (TPSA) is 92.7 Å². The van der Waals surface area contributed by atoms with E-state index in [0.29, 0.717) is 11.1 Å². The minimum atomic E-state index is -3.94. The molecule has 0 aliphatic rings. The Hall–Kier alpha value is -1.44. The fourth-order valence-corrected chi connectivity index (χ4v) is 2.75. The van der Waals surface area contributed by atoms with Gasteiger partial charge in [0.25, 0.3) is 10.0 Å². The van der Waals surface area contributed by atoms with Gasteiger partial charge in [0.2, 0.25) is 0 Å². The maximum absolute atomic E-state index is 12.2. The molecule has 0 aliphatic heterocycles. The molecule has 0 saturated heterocycles. The lowest BCUT2D eigenvalue weighted by Gasteiger charge is -2.20. The number of rotatable bonds is 4. The number of aryl methyl sites for hydroxylation is 1. The zero-order valence-electron chi connectivity index (χ0n) is 12.1. The van der Waals surface area contributed by atoms with Crippen LogP contribution in [0.1, 0.15) is 42.3 Å². The van der Waals surface area contributed by atoms with Crippen molar-refractivity contribution in [1.29, 1.82) is 0 Å². The predicted octanol–water partition coefficient (Wildman–Crippen LogP) is 2.01. The number of carboxylic acids is 1. The molecule has 20 heavy (non-hydrogen) atoms. The summed E-state index contributed by atoms with van der Waals surface area (Å²) < 4.78 is 24.4. The van der Waals surface area contributed by atoms with E-state index in [9.17, 15) is 13.2 Å². The Kier molecular flexibility index (Phi) is 4.58. The quantitative estimate of drug-likeness (QED) is 0.830. The van der Waals surface area contributed by atoms with Gasteiger partial charge in [-0.05, 0) is 57.9 Å². The Morgan fingerprint density at radius 2 is 1.80 bits per heavy atom. The fraction of sp³-hybridized carbons (Fsp3) is 0.462. The van der Waals surface area contributed by atoms with Gasteiger partial charge < -0.3 is 5.11 Å². The summed E-state index contributed by atoms with van der Waals surface area (Å²) >= 11 is 0. The highest BCUT2D eigenvalue weighted by atomic mass is 32.2. The summed E-state index contributed by atoms with van der Waals surface area (Å²) in [5.74, 6) is -1.18. The van der Waals surface area contributed by atoms with Gasteiger partial charge in [-0.2, -0.15) is 0 Å². The number of hydrogen-bond acceptors (Lipinski definition) is 4. The van der Waals surface area contributed by atoms with Crippen molar-refractivity contribution in [3.8, 4) is 0 Å². The van der Waals surface area contributed by atoms with Crippen molar-refractivity contribution >= 4 is 16.0 Å².